The SMILES string of the molecule is CCn1cc(CNCC(C)(O)c2cccs2)cn1. The third-order valence-corrected chi connectivity index (χ3v) is 3.98. The number of hydrogen-bond acceptors (Lipinski definition) is 4. The minimum Gasteiger partial charge on any atom is -0.383 e. The summed E-state index contributed by atoms with van der Waals surface area (Å²) in [4.78, 5) is 0.985. The van der Waals surface area contributed by atoms with E-state index in [0.29, 0.717) is 6.54 Å². The Balaban J connectivity index is 1.85. The molecule has 0 spiro atoms. The van der Waals surface area contributed by atoms with Gasteiger partial charge in [0, 0.05) is 36.3 Å². The highest BCUT2D eigenvalue weighted by atomic mass is 32.1. The van der Waals surface area contributed by atoms with Gasteiger partial charge < -0.3 is 10.4 Å². The van der Waals surface area contributed by atoms with E-state index in [0.717, 1.165) is 23.5 Å². The van der Waals surface area contributed by atoms with Gasteiger partial charge in [-0.2, -0.15) is 5.10 Å². The molecule has 0 aliphatic rings. The third kappa shape index (κ3) is 3.19. The first-order chi connectivity index (χ1) is 8.62. The maximum absolute atomic E-state index is 10.3. The van der Waals surface area contributed by atoms with Crippen LogP contribution in [0.1, 0.15) is 24.3 Å². The van der Waals surface area contributed by atoms with Crippen LogP contribution >= 0.6 is 11.3 Å². The van der Waals surface area contributed by atoms with Gasteiger partial charge in [-0.05, 0) is 25.3 Å². The maximum atomic E-state index is 10.3. The minimum absolute atomic E-state index is 0.533. The van der Waals surface area contributed by atoms with Crippen molar-refractivity contribution in [3.63, 3.8) is 0 Å². The monoisotopic (exact) mass is 265 g/mol. The van der Waals surface area contributed by atoms with E-state index in [9.17, 15) is 5.11 Å². The molecule has 0 radical (unpaired) electrons. The van der Waals surface area contributed by atoms with E-state index in [-0.39, 0.29) is 0 Å². The molecule has 4 nitrogen and oxygen atoms in total. The standard InChI is InChI=1S/C13H19N3OS/c1-3-16-9-11(8-15-16)7-14-10-13(2,17)12-5-4-6-18-12/h4-6,8-9,14,17H,3,7,10H2,1-2H3. The molecule has 5 heteroatoms. The smallest absolute Gasteiger partial charge is 0.108 e. The van der Waals surface area contributed by atoms with Gasteiger partial charge in [0.25, 0.3) is 0 Å². The maximum Gasteiger partial charge on any atom is 0.108 e. The van der Waals surface area contributed by atoms with Gasteiger partial charge in [0.15, 0.2) is 0 Å². The van der Waals surface area contributed by atoms with E-state index in [2.05, 4.69) is 17.3 Å². The van der Waals surface area contributed by atoms with E-state index in [1.165, 1.54) is 0 Å². The lowest BCUT2D eigenvalue weighted by atomic mass is 10.1. The molecule has 98 valence electrons. The van der Waals surface area contributed by atoms with E-state index in [1.807, 2.05) is 41.5 Å². The zero-order valence-electron chi connectivity index (χ0n) is 10.8. The van der Waals surface area contributed by atoms with Gasteiger partial charge in [0.2, 0.25) is 0 Å². The van der Waals surface area contributed by atoms with Crippen molar-refractivity contribution in [3.05, 3.63) is 40.3 Å². The van der Waals surface area contributed by atoms with Gasteiger partial charge in [-0.1, -0.05) is 6.07 Å². The van der Waals surface area contributed by atoms with Gasteiger partial charge in [-0.25, -0.2) is 0 Å². The topological polar surface area (TPSA) is 50.1 Å². The van der Waals surface area contributed by atoms with Crippen molar-refractivity contribution < 1.29 is 5.11 Å². The molecule has 2 heterocycles. The molecule has 0 bridgehead atoms. The van der Waals surface area contributed by atoms with E-state index in [1.54, 1.807) is 11.3 Å². The van der Waals surface area contributed by atoms with Gasteiger partial charge in [-0.3, -0.25) is 4.68 Å². The highest BCUT2D eigenvalue weighted by Crippen LogP contribution is 2.24. The first kappa shape index (κ1) is 13.3. The quantitative estimate of drug-likeness (QED) is 0.839. The zero-order chi connectivity index (χ0) is 13.0. The molecule has 0 aromatic carbocycles. The molecule has 1 unspecified atom stereocenters. The highest BCUT2D eigenvalue weighted by Gasteiger charge is 2.23. The van der Waals surface area contributed by atoms with Crippen LogP contribution in [0.25, 0.3) is 0 Å². The Morgan fingerprint density at radius 1 is 1.56 bits per heavy atom. The number of aromatic nitrogens is 2. The summed E-state index contributed by atoms with van der Waals surface area (Å²) < 4.78 is 1.90. The van der Waals surface area contributed by atoms with Crippen LogP contribution < -0.4 is 5.32 Å². The molecule has 2 N–H and O–H groups in total. The molecule has 0 saturated heterocycles. The second kappa shape index (κ2) is 5.65. The molecule has 0 amide bonds. The molecule has 0 aliphatic heterocycles. The number of aryl methyl sites for hydroxylation is 1. The second-order valence-electron chi connectivity index (χ2n) is 4.56. The van der Waals surface area contributed by atoms with E-state index >= 15 is 0 Å². The van der Waals surface area contributed by atoms with Crippen molar-refractivity contribution in [3.8, 4) is 0 Å². The van der Waals surface area contributed by atoms with Crippen LogP contribution in [0.3, 0.4) is 0 Å². The molecule has 2 rings (SSSR count). The van der Waals surface area contributed by atoms with Crippen LogP contribution in [0.2, 0.25) is 0 Å². The fourth-order valence-corrected chi connectivity index (χ4v) is 2.58. The number of rotatable bonds is 6. The number of thiophene rings is 1. The summed E-state index contributed by atoms with van der Waals surface area (Å²) in [5.41, 5.74) is 0.327. The van der Waals surface area contributed by atoms with Gasteiger partial charge in [0.05, 0.1) is 6.20 Å². The number of nitrogens with zero attached hydrogens (tertiary/aromatic N) is 2. The molecule has 1 atom stereocenters. The first-order valence-corrected chi connectivity index (χ1v) is 6.98. The normalized spacial score (nSPS) is 14.6. The summed E-state index contributed by atoms with van der Waals surface area (Å²) in [6.07, 6.45) is 3.88. The zero-order valence-corrected chi connectivity index (χ0v) is 11.6. The van der Waals surface area contributed by atoms with Gasteiger partial charge >= 0.3 is 0 Å². The predicted octanol–water partition coefficient (Wildman–Crippen LogP) is 1.96. The first-order valence-electron chi connectivity index (χ1n) is 6.10. The summed E-state index contributed by atoms with van der Waals surface area (Å²) in [7, 11) is 0. The van der Waals surface area contributed by atoms with Crippen LogP contribution in [-0.2, 0) is 18.7 Å². The third-order valence-electron chi connectivity index (χ3n) is 2.86. The van der Waals surface area contributed by atoms with Crippen LogP contribution in [0.5, 0.6) is 0 Å². The largest absolute Gasteiger partial charge is 0.383 e. The summed E-state index contributed by atoms with van der Waals surface area (Å²) >= 11 is 1.58. The lowest BCUT2D eigenvalue weighted by Gasteiger charge is -2.22. The highest BCUT2D eigenvalue weighted by molar-refractivity contribution is 7.10. The predicted molar refractivity (Wildman–Crippen MR) is 73.5 cm³/mol. The fraction of sp³-hybridized carbons (Fsp3) is 0.462. The van der Waals surface area contributed by atoms with Crippen molar-refractivity contribution >= 4 is 11.3 Å². The summed E-state index contributed by atoms with van der Waals surface area (Å²) in [6, 6.07) is 3.92. The summed E-state index contributed by atoms with van der Waals surface area (Å²) in [6.45, 7) is 6.03. The number of nitrogens with one attached hydrogen (secondary N) is 1. The van der Waals surface area contributed by atoms with E-state index in [4.69, 9.17) is 0 Å². The molecule has 2 aromatic heterocycles. The van der Waals surface area contributed by atoms with E-state index < -0.39 is 5.60 Å². The summed E-state index contributed by atoms with van der Waals surface area (Å²) in [5, 5.41) is 19.8. The van der Waals surface area contributed by atoms with Crippen LogP contribution in [-0.4, -0.2) is 21.4 Å². The Bertz CT molecular complexity index is 476. The van der Waals surface area contributed by atoms with Crippen molar-refractivity contribution in [2.24, 2.45) is 0 Å². The summed E-state index contributed by atoms with van der Waals surface area (Å²) in [5.74, 6) is 0. The average Bonchev–Trinajstić information content (AvgIpc) is 3.00. The van der Waals surface area contributed by atoms with Gasteiger partial charge in [0.1, 0.15) is 5.60 Å². The van der Waals surface area contributed by atoms with Crippen LogP contribution in [0.15, 0.2) is 29.9 Å². The fourth-order valence-electron chi connectivity index (χ4n) is 1.79. The average molecular weight is 265 g/mol. The minimum atomic E-state index is -0.811. The van der Waals surface area contributed by atoms with Crippen molar-refractivity contribution in [2.45, 2.75) is 32.5 Å². The van der Waals surface area contributed by atoms with Crippen LogP contribution in [0.4, 0.5) is 0 Å². The van der Waals surface area contributed by atoms with Crippen LogP contribution in [0, 0.1) is 0 Å². The Hall–Kier alpha value is -1.17. The molecule has 0 fully saturated rings. The Morgan fingerprint density at radius 3 is 3.00 bits per heavy atom. The Labute approximate surface area is 111 Å². The second-order valence-corrected chi connectivity index (χ2v) is 5.51. The Kier molecular flexibility index (Phi) is 4.16. The molecular formula is C13H19N3OS. The number of aliphatic hydroxyl groups is 1. The molecule has 0 aliphatic carbocycles. The van der Waals surface area contributed by atoms with Crippen molar-refractivity contribution in [1.82, 2.24) is 15.1 Å². The molecule has 2 aromatic rings. The van der Waals surface area contributed by atoms with Gasteiger partial charge in [-0.15, -0.1) is 11.3 Å². The lowest BCUT2D eigenvalue weighted by molar-refractivity contribution is 0.0604. The molecular weight excluding hydrogens is 246 g/mol. The Morgan fingerprint density at radius 2 is 2.39 bits per heavy atom. The lowest BCUT2D eigenvalue weighted by Crippen LogP contribution is -2.34. The molecule has 0 saturated carbocycles. The van der Waals surface area contributed by atoms with Crippen molar-refractivity contribution in [1.29, 1.82) is 0 Å². The number of hydrogen-bond donors (Lipinski definition) is 2. The molecule has 18 heavy (non-hydrogen) atoms. The van der Waals surface area contributed by atoms with Crippen molar-refractivity contribution in [2.75, 3.05) is 6.54 Å².